The van der Waals surface area contributed by atoms with E-state index in [4.69, 9.17) is 23.7 Å². The van der Waals surface area contributed by atoms with Gasteiger partial charge < -0.3 is 23.7 Å². The number of rotatable bonds is 14. The molecule has 1 heterocycles. The second kappa shape index (κ2) is 17.1. The van der Waals surface area contributed by atoms with Gasteiger partial charge in [-0.25, -0.2) is 4.79 Å². The minimum absolute atomic E-state index is 0.255. The molecule has 1 fully saturated rings. The van der Waals surface area contributed by atoms with Crippen molar-refractivity contribution >= 4 is 17.7 Å². The minimum atomic E-state index is -0.803. The molecule has 6 rings (SSSR count). The van der Waals surface area contributed by atoms with Gasteiger partial charge in [-0.3, -0.25) is 0 Å². The smallest absolute Gasteiger partial charge is 0.338 e. The van der Waals surface area contributed by atoms with E-state index in [1.54, 1.807) is 12.1 Å². The highest BCUT2D eigenvalue weighted by atomic mass is 32.2. The maximum Gasteiger partial charge on any atom is 0.338 e. The van der Waals surface area contributed by atoms with Crippen LogP contribution in [0.1, 0.15) is 27.0 Å². The van der Waals surface area contributed by atoms with E-state index in [9.17, 15) is 4.79 Å². The van der Waals surface area contributed by atoms with Crippen LogP contribution in [0.2, 0.25) is 0 Å². The number of carbonyl (C=O) groups excluding carboxylic acids is 1. The zero-order chi connectivity index (χ0) is 32.1. The van der Waals surface area contributed by atoms with Crippen molar-refractivity contribution in [1.29, 1.82) is 0 Å². The van der Waals surface area contributed by atoms with Crippen LogP contribution in [0.3, 0.4) is 0 Å². The summed E-state index contributed by atoms with van der Waals surface area (Å²) in [6.07, 6.45) is -2.61. The average Bonchev–Trinajstić information content (AvgIpc) is 3.13. The van der Waals surface area contributed by atoms with E-state index in [0.29, 0.717) is 25.4 Å². The van der Waals surface area contributed by atoms with Crippen molar-refractivity contribution in [3.05, 3.63) is 174 Å². The summed E-state index contributed by atoms with van der Waals surface area (Å²) < 4.78 is 32.8. The Bertz CT molecular complexity index is 1620. The fourth-order valence-electron chi connectivity index (χ4n) is 5.42. The quantitative estimate of drug-likeness (QED) is 0.113. The van der Waals surface area contributed by atoms with Crippen molar-refractivity contribution in [3.8, 4) is 0 Å². The molecule has 0 N–H and O–H groups in total. The Morgan fingerprint density at radius 3 is 1.57 bits per heavy atom. The van der Waals surface area contributed by atoms with Gasteiger partial charge in [-0.15, -0.1) is 0 Å². The lowest BCUT2D eigenvalue weighted by Gasteiger charge is -2.45. The zero-order valence-electron chi connectivity index (χ0n) is 26.0. The summed E-state index contributed by atoms with van der Waals surface area (Å²) in [5.41, 5.74) is 2.92. The van der Waals surface area contributed by atoms with Crippen LogP contribution in [0, 0.1) is 0 Å². The number of benzene rings is 5. The first-order valence-electron chi connectivity index (χ1n) is 15.8. The molecule has 0 spiro atoms. The molecule has 0 bridgehead atoms. The Labute approximate surface area is 280 Å². The second-order valence-corrected chi connectivity index (χ2v) is 12.4. The third-order valence-corrected chi connectivity index (χ3v) is 8.96. The Kier molecular flexibility index (Phi) is 11.9. The third kappa shape index (κ3) is 9.41. The SMILES string of the molecule is O=C(OC1[C@@H](OCc2ccccc2)[C@@H](OCc2ccccc2)C(COCc2ccccc2)O[C@H]1Sc1ccccc1)c1ccccc1. The van der Waals surface area contributed by atoms with Crippen LogP contribution >= 0.6 is 11.8 Å². The minimum Gasteiger partial charge on any atom is -0.452 e. The topological polar surface area (TPSA) is 63.2 Å². The molecule has 5 aromatic carbocycles. The normalized spacial score (nSPS) is 20.8. The Morgan fingerprint density at radius 2 is 1.02 bits per heavy atom. The van der Waals surface area contributed by atoms with E-state index in [1.165, 1.54) is 11.8 Å². The van der Waals surface area contributed by atoms with Crippen LogP contribution in [0.5, 0.6) is 0 Å². The maximum absolute atomic E-state index is 13.6. The molecule has 47 heavy (non-hydrogen) atoms. The van der Waals surface area contributed by atoms with Crippen molar-refractivity contribution < 1.29 is 28.5 Å². The highest BCUT2D eigenvalue weighted by Crippen LogP contribution is 2.38. The molecule has 6 nitrogen and oxygen atoms in total. The lowest BCUT2D eigenvalue weighted by atomic mass is 9.98. The van der Waals surface area contributed by atoms with Crippen molar-refractivity contribution in [2.24, 2.45) is 0 Å². The van der Waals surface area contributed by atoms with Crippen LogP contribution in [-0.4, -0.2) is 42.4 Å². The molecule has 5 atom stereocenters. The third-order valence-electron chi connectivity index (χ3n) is 7.80. The first kappa shape index (κ1) is 32.7. The predicted molar refractivity (Wildman–Crippen MR) is 183 cm³/mol. The van der Waals surface area contributed by atoms with Crippen molar-refractivity contribution in [3.63, 3.8) is 0 Å². The first-order valence-corrected chi connectivity index (χ1v) is 16.7. The van der Waals surface area contributed by atoms with Crippen LogP contribution in [0.4, 0.5) is 0 Å². The highest BCUT2D eigenvalue weighted by molar-refractivity contribution is 7.99. The fraction of sp³-hybridized carbons (Fsp3) is 0.225. The Balaban J connectivity index is 1.33. The largest absolute Gasteiger partial charge is 0.452 e. The molecule has 0 amide bonds. The number of hydrogen-bond acceptors (Lipinski definition) is 7. The number of thioether (sulfide) groups is 1. The molecule has 1 aliphatic heterocycles. The maximum atomic E-state index is 13.6. The van der Waals surface area contributed by atoms with E-state index >= 15 is 0 Å². The van der Waals surface area contributed by atoms with Crippen molar-refractivity contribution in [2.75, 3.05) is 6.61 Å². The molecule has 5 aromatic rings. The second-order valence-electron chi connectivity index (χ2n) is 11.2. The molecule has 0 saturated carbocycles. The Morgan fingerprint density at radius 1 is 0.553 bits per heavy atom. The van der Waals surface area contributed by atoms with Crippen LogP contribution in [0.15, 0.2) is 157 Å². The summed E-state index contributed by atoms with van der Waals surface area (Å²) in [6, 6.07) is 48.9. The van der Waals surface area contributed by atoms with Crippen LogP contribution < -0.4 is 0 Å². The molecular formula is C40H38O6S. The lowest BCUT2D eigenvalue weighted by molar-refractivity contribution is -0.242. The van der Waals surface area contributed by atoms with Gasteiger partial charge in [0.05, 0.1) is 32.0 Å². The van der Waals surface area contributed by atoms with Crippen molar-refractivity contribution in [1.82, 2.24) is 0 Å². The molecule has 0 aromatic heterocycles. The lowest BCUT2D eigenvalue weighted by Crippen LogP contribution is -2.60. The molecule has 1 saturated heterocycles. The molecule has 2 unspecified atom stereocenters. The van der Waals surface area contributed by atoms with Gasteiger partial charge in [0.15, 0.2) is 6.10 Å². The summed E-state index contributed by atoms with van der Waals surface area (Å²) in [7, 11) is 0. The van der Waals surface area contributed by atoms with Gasteiger partial charge in [0.2, 0.25) is 0 Å². The van der Waals surface area contributed by atoms with Gasteiger partial charge in [-0.2, -0.15) is 0 Å². The summed E-state index contributed by atoms with van der Waals surface area (Å²) in [6.45, 7) is 1.30. The molecule has 7 heteroatoms. The van der Waals surface area contributed by atoms with Gasteiger partial charge in [0.1, 0.15) is 23.7 Å². The van der Waals surface area contributed by atoms with E-state index in [1.807, 2.05) is 140 Å². The summed E-state index contributed by atoms with van der Waals surface area (Å²) in [5, 5.41) is 0. The summed E-state index contributed by atoms with van der Waals surface area (Å²) >= 11 is 1.49. The summed E-state index contributed by atoms with van der Waals surface area (Å²) in [4.78, 5) is 14.6. The first-order chi connectivity index (χ1) is 23.2. The van der Waals surface area contributed by atoms with Crippen molar-refractivity contribution in [2.45, 2.75) is 54.6 Å². The number of carbonyl (C=O) groups is 1. The van der Waals surface area contributed by atoms with Gasteiger partial charge in [0, 0.05) is 4.90 Å². The van der Waals surface area contributed by atoms with E-state index in [2.05, 4.69) is 0 Å². The standard InChI is InChI=1S/C40H38O6S/c41-39(33-22-12-4-13-23-33)46-38-37(44-28-32-20-10-3-11-21-32)36(43-27-31-18-8-2-9-19-31)35(29-42-26-30-16-6-1-7-17-30)45-40(38)47-34-24-14-5-15-25-34/h1-25,35-38,40H,26-29H2/t35?,36-,37-,38?,40-/m0/s1. The summed E-state index contributed by atoms with van der Waals surface area (Å²) in [5.74, 6) is -0.452. The zero-order valence-corrected chi connectivity index (χ0v) is 26.8. The number of esters is 1. The monoisotopic (exact) mass is 646 g/mol. The van der Waals surface area contributed by atoms with Gasteiger partial charge in [-0.05, 0) is 41.0 Å². The Hall–Kier alpha value is -4.24. The highest BCUT2D eigenvalue weighted by Gasteiger charge is 2.50. The van der Waals surface area contributed by atoms with Gasteiger partial charge >= 0.3 is 5.97 Å². The van der Waals surface area contributed by atoms with Gasteiger partial charge in [0.25, 0.3) is 0 Å². The van der Waals surface area contributed by atoms with E-state index in [-0.39, 0.29) is 6.61 Å². The van der Waals surface area contributed by atoms with Crippen LogP contribution in [-0.2, 0) is 43.5 Å². The molecule has 0 aliphatic carbocycles. The molecule has 240 valence electrons. The van der Waals surface area contributed by atoms with E-state index < -0.39 is 35.8 Å². The predicted octanol–water partition coefficient (Wildman–Crippen LogP) is 8.12. The number of ether oxygens (including phenoxy) is 5. The molecule has 0 radical (unpaired) electrons. The number of hydrogen-bond donors (Lipinski definition) is 0. The fourth-order valence-corrected chi connectivity index (χ4v) is 6.55. The average molecular weight is 647 g/mol. The molecule has 1 aliphatic rings. The van der Waals surface area contributed by atoms with Crippen LogP contribution in [0.25, 0.3) is 0 Å². The van der Waals surface area contributed by atoms with Gasteiger partial charge in [-0.1, -0.05) is 139 Å². The molecular weight excluding hydrogens is 609 g/mol. The van der Waals surface area contributed by atoms with E-state index in [0.717, 1.165) is 21.6 Å².